The molecular weight excluding hydrogens is 229 g/mol. The average Bonchev–Trinajstić information content (AvgIpc) is 2.08. The summed E-state index contributed by atoms with van der Waals surface area (Å²) in [5.74, 6) is -0.0455. The number of thioether (sulfide) groups is 1. The van der Waals surface area contributed by atoms with Crippen molar-refractivity contribution < 1.29 is 22.7 Å². The highest BCUT2D eigenvalue weighted by Crippen LogP contribution is 2.24. The molecule has 15 heavy (non-hydrogen) atoms. The molecule has 0 radical (unpaired) electrons. The van der Waals surface area contributed by atoms with Crippen LogP contribution in [0.2, 0.25) is 0 Å². The van der Waals surface area contributed by atoms with Gasteiger partial charge in [-0.05, 0) is 18.6 Å². The third-order valence-corrected chi connectivity index (χ3v) is 2.86. The Hall–Kier alpha value is -0.390. The van der Waals surface area contributed by atoms with Gasteiger partial charge in [0.2, 0.25) is 0 Å². The lowest BCUT2D eigenvalue weighted by Crippen LogP contribution is -2.13. The fourth-order valence-electron chi connectivity index (χ4n) is 0.908. The number of hydrogen-bond donors (Lipinski definition) is 0. The Kier molecular flexibility index (Phi) is 6.80. The van der Waals surface area contributed by atoms with Gasteiger partial charge in [0.25, 0.3) is 0 Å². The highest BCUT2D eigenvalue weighted by Gasteiger charge is 2.26. The first-order chi connectivity index (χ1) is 6.85. The average molecular weight is 244 g/mol. The number of carbonyl (C=O) groups excluding carboxylic acids is 1. The number of halogens is 3. The summed E-state index contributed by atoms with van der Waals surface area (Å²) in [6.45, 7) is 3.11. The molecule has 0 amide bonds. The van der Waals surface area contributed by atoms with Crippen LogP contribution in [-0.4, -0.2) is 23.3 Å². The van der Waals surface area contributed by atoms with E-state index in [0.717, 1.165) is 0 Å². The number of carbonyl (C=O) groups is 1. The second kappa shape index (κ2) is 6.98. The van der Waals surface area contributed by atoms with Crippen LogP contribution in [0, 0.1) is 0 Å². The second-order valence-electron chi connectivity index (χ2n) is 3.04. The molecule has 0 saturated heterocycles. The molecule has 1 atom stereocenters. The van der Waals surface area contributed by atoms with Crippen molar-refractivity contribution in [3.05, 3.63) is 0 Å². The van der Waals surface area contributed by atoms with E-state index in [2.05, 4.69) is 0 Å². The maximum atomic E-state index is 11.8. The van der Waals surface area contributed by atoms with Gasteiger partial charge in [0.15, 0.2) is 0 Å². The minimum atomic E-state index is -4.09. The van der Waals surface area contributed by atoms with E-state index in [1.54, 1.807) is 0 Å². The van der Waals surface area contributed by atoms with E-state index in [-0.39, 0.29) is 11.9 Å². The van der Waals surface area contributed by atoms with Crippen LogP contribution in [0.25, 0.3) is 0 Å². The molecular formula is C9H15F3O2S. The first-order valence-corrected chi connectivity index (χ1v) is 5.75. The van der Waals surface area contributed by atoms with Crippen molar-refractivity contribution in [2.75, 3.05) is 5.75 Å². The molecule has 0 fully saturated rings. The summed E-state index contributed by atoms with van der Waals surface area (Å²) in [4.78, 5) is 10.6. The van der Waals surface area contributed by atoms with Crippen LogP contribution in [0.1, 0.15) is 33.1 Å². The molecule has 90 valence electrons. The largest absolute Gasteiger partial charge is 0.451 e. The molecule has 0 aromatic heterocycles. The normalized spacial score (nSPS) is 13.7. The zero-order valence-corrected chi connectivity index (χ0v) is 9.58. The van der Waals surface area contributed by atoms with Gasteiger partial charge >= 0.3 is 12.1 Å². The monoisotopic (exact) mass is 244 g/mol. The quantitative estimate of drug-likeness (QED) is 0.407. The Balaban J connectivity index is 3.59. The van der Waals surface area contributed by atoms with Crippen LogP contribution in [-0.2, 0) is 9.53 Å². The lowest BCUT2D eigenvalue weighted by atomic mass is 10.3. The second-order valence-corrected chi connectivity index (χ2v) is 4.30. The lowest BCUT2D eigenvalue weighted by Gasteiger charge is -2.14. The van der Waals surface area contributed by atoms with Gasteiger partial charge in [-0.15, -0.1) is 11.8 Å². The zero-order valence-electron chi connectivity index (χ0n) is 8.76. The predicted octanol–water partition coefficient (Wildman–Crippen LogP) is 3.36. The number of hydrogen-bond acceptors (Lipinski definition) is 3. The standard InChI is InChI=1S/C9H15F3O2S/c1-3-8(14-7(2)13)15-6-4-5-9(10,11)12/h8H,3-6H2,1-2H3. The highest BCUT2D eigenvalue weighted by molar-refractivity contribution is 7.99. The molecule has 2 nitrogen and oxygen atoms in total. The minimum Gasteiger partial charge on any atom is -0.451 e. The van der Waals surface area contributed by atoms with Gasteiger partial charge < -0.3 is 4.74 Å². The van der Waals surface area contributed by atoms with Crippen LogP contribution in [0.5, 0.6) is 0 Å². The zero-order chi connectivity index (χ0) is 11.9. The first kappa shape index (κ1) is 14.6. The number of ether oxygens (including phenoxy) is 1. The molecule has 0 aromatic rings. The van der Waals surface area contributed by atoms with Crippen molar-refractivity contribution in [2.45, 2.75) is 44.7 Å². The van der Waals surface area contributed by atoms with Gasteiger partial charge in [0.05, 0.1) is 0 Å². The van der Waals surface area contributed by atoms with Crippen molar-refractivity contribution >= 4 is 17.7 Å². The Bertz CT molecular complexity index is 194. The van der Waals surface area contributed by atoms with E-state index in [4.69, 9.17) is 4.74 Å². The fourth-order valence-corrected chi connectivity index (χ4v) is 1.92. The summed E-state index contributed by atoms with van der Waals surface area (Å²) in [6, 6.07) is 0. The summed E-state index contributed by atoms with van der Waals surface area (Å²) < 4.78 is 40.2. The molecule has 0 aliphatic rings. The van der Waals surface area contributed by atoms with E-state index in [1.165, 1.54) is 18.7 Å². The summed E-state index contributed by atoms with van der Waals surface area (Å²) in [5.41, 5.74) is -0.323. The van der Waals surface area contributed by atoms with Crippen LogP contribution in [0.4, 0.5) is 13.2 Å². The SMILES string of the molecule is CCC(OC(C)=O)SCCCC(F)(F)F. The van der Waals surface area contributed by atoms with E-state index in [0.29, 0.717) is 12.2 Å². The molecule has 0 aromatic carbocycles. The van der Waals surface area contributed by atoms with Crippen molar-refractivity contribution in [1.82, 2.24) is 0 Å². The Morgan fingerprint density at radius 1 is 1.47 bits per heavy atom. The molecule has 6 heteroatoms. The van der Waals surface area contributed by atoms with Gasteiger partial charge in [0, 0.05) is 13.3 Å². The van der Waals surface area contributed by atoms with Crippen LogP contribution in [0.3, 0.4) is 0 Å². The summed E-state index contributed by atoms with van der Waals surface area (Å²) in [6.07, 6.45) is -4.21. The molecule has 0 spiro atoms. The van der Waals surface area contributed by atoms with Gasteiger partial charge in [-0.2, -0.15) is 13.2 Å². The summed E-state index contributed by atoms with van der Waals surface area (Å²) in [5, 5.41) is 0. The molecule has 0 aliphatic heterocycles. The third-order valence-electron chi connectivity index (χ3n) is 1.54. The maximum absolute atomic E-state index is 11.8. The van der Waals surface area contributed by atoms with Gasteiger partial charge in [-0.1, -0.05) is 6.92 Å². The van der Waals surface area contributed by atoms with E-state index in [9.17, 15) is 18.0 Å². The first-order valence-electron chi connectivity index (χ1n) is 4.70. The lowest BCUT2D eigenvalue weighted by molar-refractivity contribution is -0.142. The molecule has 0 saturated carbocycles. The Morgan fingerprint density at radius 2 is 2.07 bits per heavy atom. The maximum Gasteiger partial charge on any atom is 0.389 e. The van der Waals surface area contributed by atoms with E-state index in [1.807, 2.05) is 6.92 Å². The Labute approximate surface area is 91.6 Å². The van der Waals surface area contributed by atoms with Crippen molar-refractivity contribution in [2.24, 2.45) is 0 Å². The number of alkyl halides is 3. The van der Waals surface area contributed by atoms with E-state index >= 15 is 0 Å². The van der Waals surface area contributed by atoms with Crippen LogP contribution < -0.4 is 0 Å². The number of rotatable bonds is 6. The minimum absolute atomic E-state index is 0.0614. The van der Waals surface area contributed by atoms with Gasteiger partial charge in [-0.25, -0.2) is 0 Å². The highest BCUT2D eigenvalue weighted by atomic mass is 32.2. The van der Waals surface area contributed by atoms with Crippen molar-refractivity contribution in [1.29, 1.82) is 0 Å². The molecule has 0 rings (SSSR count). The topological polar surface area (TPSA) is 26.3 Å². The summed E-state index contributed by atoms with van der Waals surface area (Å²) in [7, 11) is 0. The van der Waals surface area contributed by atoms with Gasteiger partial charge in [-0.3, -0.25) is 4.79 Å². The van der Waals surface area contributed by atoms with Crippen molar-refractivity contribution in [3.63, 3.8) is 0 Å². The summed E-state index contributed by atoms with van der Waals surface area (Å²) >= 11 is 1.25. The Morgan fingerprint density at radius 3 is 2.47 bits per heavy atom. The van der Waals surface area contributed by atoms with E-state index < -0.39 is 18.6 Å². The molecule has 0 aliphatic carbocycles. The van der Waals surface area contributed by atoms with Crippen molar-refractivity contribution in [3.8, 4) is 0 Å². The fraction of sp³-hybridized carbons (Fsp3) is 0.889. The van der Waals surface area contributed by atoms with Crippen LogP contribution in [0.15, 0.2) is 0 Å². The van der Waals surface area contributed by atoms with Gasteiger partial charge in [0.1, 0.15) is 5.44 Å². The van der Waals surface area contributed by atoms with Crippen LogP contribution >= 0.6 is 11.8 Å². The smallest absolute Gasteiger partial charge is 0.389 e. The molecule has 1 unspecified atom stereocenters. The number of esters is 1. The third kappa shape index (κ3) is 9.90. The molecule has 0 bridgehead atoms. The predicted molar refractivity (Wildman–Crippen MR) is 53.6 cm³/mol. The molecule has 0 N–H and O–H groups in total. The molecule has 0 heterocycles.